The number of para-hydroxylation sites is 1. The van der Waals surface area contributed by atoms with Gasteiger partial charge in [0.05, 0.1) is 19.8 Å². The molecule has 16 heteroatoms. The van der Waals surface area contributed by atoms with Crippen LogP contribution in [0.2, 0.25) is 0 Å². The number of aliphatic hydroxyl groups is 1. The maximum absolute atomic E-state index is 14.0. The smallest absolute Gasteiger partial charge is 0.247 e. The maximum Gasteiger partial charge on any atom is 0.247 e. The lowest BCUT2D eigenvalue weighted by Crippen LogP contribution is -2.58. The number of nitrogens with two attached hydrogens (primary N) is 1. The van der Waals surface area contributed by atoms with E-state index in [1.807, 2.05) is 0 Å². The van der Waals surface area contributed by atoms with Crippen LogP contribution in [0, 0.1) is 0 Å². The Morgan fingerprint density at radius 2 is 1.25 bits per heavy atom. The fourth-order valence-corrected chi connectivity index (χ4v) is 5.32. The molecule has 3 rings (SSSR count). The highest BCUT2D eigenvalue weighted by Crippen LogP contribution is 2.15. The molecule has 294 valence electrons. The number of aliphatic hydroxyl groups excluding tert-OH is 1. The average molecular weight is 760 g/mol. The minimum absolute atomic E-state index is 0.0149. The average Bonchev–Trinajstić information content (AvgIpc) is 3.17. The van der Waals surface area contributed by atoms with Crippen molar-refractivity contribution in [1.82, 2.24) is 25.8 Å². The number of carbonyl (C=O) groups is 7. The van der Waals surface area contributed by atoms with Crippen molar-refractivity contribution in [3.8, 4) is 0 Å². The van der Waals surface area contributed by atoms with Gasteiger partial charge in [0.2, 0.25) is 41.4 Å². The second-order valence-corrected chi connectivity index (χ2v) is 12.7. The van der Waals surface area contributed by atoms with Crippen LogP contribution in [0.3, 0.4) is 0 Å². The summed E-state index contributed by atoms with van der Waals surface area (Å²) >= 11 is 0. The minimum atomic E-state index is -1.54. The molecule has 0 heterocycles. The molecular weight excluding hydrogens is 710 g/mol. The van der Waals surface area contributed by atoms with E-state index in [0.29, 0.717) is 11.3 Å². The molecule has 0 saturated carbocycles. The second kappa shape index (κ2) is 22.2. The summed E-state index contributed by atoms with van der Waals surface area (Å²) in [5.41, 5.74) is 7.02. The van der Waals surface area contributed by atoms with Gasteiger partial charge in [-0.3, -0.25) is 33.6 Å². The van der Waals surface area contributed by atoms with E-state index in [1.165, 1.54) is 30.8 Å². The largest absolute Gasteiger partial charge is 0.394 e. The van der Waals surface area contributed by atoms with Crippen LogP contribution in [0.15, 0.2) is 91.0 Å². The van der Waals surface area contributed by atoms with E-state index in [0.717, 1.165) is 10.5 Å². The van der Waals surface area contributed by atoms with Crippen molar-refractivity contribution in [3.63, 3.8) is 0 Å². The van der Waals surface area contributed by atoms with Crippen LogP contribution in [-0.2, 0) is 51.3 Å². The number of rotatable bonds is 21. The van der Waals surface area contributed by atoms with Crippen molar-refractivity contribution in [2.45, 2.75) is 44.9 Å². The highest BCUT2D eigenvalue weighted by atomic mass is 16.5. The molecule has 6 N–H and O–H groups in total. The van der Waals surface area contributed by atoms with Gasteiger partial charge in [0.25, 0.3) is 0 Å². The zero-order valence-corrected chi connectivity index (χ0v) is 31.2. The van der Waals surface area contributed by atoms with E-state index in [4.69, 9.17) is 10.5 Å². The fourth-order valence-electron chi connectivity index (χ4n) is 5.32. The number of methoxy groups -OCH3 is 1. The first-order valence-electron chi connectivity index (χ1n) is 17.6. The molecule has 0 aliphatic carbocycles. The zero-order chi connectivity index (χ0) is 40.3. The number of anilines is 1. The van der Waals surface area contributed by atoms with Crippen molar-refractivity contribution >= 4 is 47.0 Å². The first-order chi connectivity index (χ1) is 26.3. The molecule has 0 aliphatic rings. The molecule has 7 amide bonds. The molecule has 0 spiro atoms. The van der Waals surface area contributed by atoms with Gasteiger partial charge in [0, 0.05) is 39.2 Å². The number of hydrogen-bond donors (Lipinski definition) is 5. The van der Waals surface area contributed by atoms with Crippen LogP contribution < -0.4 is 26.6 Å². The normalized spacial score (nSPS) is 12.3. The number of primary amides is 1. The third kappa shape index (κ3) is 14.3. The summed E-state index contributed by atoms with van der Waals surface area (Å²) in [5.74, 6) is -4.76. The Morgan fingerprint density at radius 1 is 0.709 bits per heavy atom. The summed E-state index contributed by atoms with van der Waals surface area (Å²) in [6.07, 6.45) is 0.0149. The summed E-state index contributed by atoms with van der Waals surface area (Å²) in [7, 11) is 1.47. The molecule has 55 heavy (non-hydrogen) atoms. The van der Waals surface area contributed by atoms with Crippen molar-refractivity contribution in [3.05, 3.63) is 102 Å². The Kier molecular flexibility index (Phi) is 17.4. The fraction of sp³-hybridized carbons (Fsp3) is 0.359. The first-order valence-corrected chi connectivity index (χ1v) is 17.6. The molecule has 0 bridgehead atoms. The van der Waals surface area contributed by atoms with Gasteiger partial charge in [-0.2, -0.15) is 0 Å². The Bertz CT molecular complexity index is 1750. The van der Waals surface area contributed by atoms with Crippen molar-refractivity contribution in [2.24, 2.45) is 5.73 Å². The third-order valence-corrected chi connectivity index (χ3v) is 8.44. The third-order valence-electron chi connectivity index (χ3n) is 8.44. The first kappa shape index (κ1) is 43.3. The minimum Gasteiger partial charge on any atom is -0.394 e. The Morgan fingerprint density at radius 3 is 1.80 bits per heavy atom. The summed E-state index contributed by atoms with van der Waals surface area (Å²) in [5, 5.41) is 17.6. The van der Waals surface area contributed by atoms with Crippen LogP contribution in [0.25, 0.3) is 0 Å². The molecule has 3 unspecified atom stereocenters. The summed E-state index contributed by atoms with van der Waals surface area (Å²) in [6.45, 7) is 0.833. The van der Waals surface area contributed by atoms with Crippen molar-refractivity contribution < 1.29 is 43.4 Å². The van der Waals surface area contributed by atoms with Crippen LogP contribution in [0.4, 0.5) is 5.69 Å². The van der Waals surface area contributed by atoms with Crippen LogP contribution >= 0.6 is 0 Å². The molecule has 0 aromatic heterocycles. The number of nitrogens with zero attached hydrogens (tertiary/aromatic N) is 3. The van der Waals surface area contributed by atoms with Crippen LogP contribution in [0.1, 0.15) is 25.0 Å². The molecule has 0 radical (unpaired) electrons. The van der Waals surface area contributed by atoms with E-state index < -0.39 is 73.3 Å². The molecule has 0 saturated heterocycles. The van der Waals surface area contributed by atoms with Crippen LogP contribution in [-0.4, -0.2) is 121 Å². The Balaban J connectivity index is 1.81. The van der Waals surface area contributed by atoms with Gasteiger partial charge >= 0.3 is 0 Å². The van der Waals surface area contributed by atoms with Gasteiger partial charge in [-0.25, -0.2) is 0 Å². The van der Waals surface area contributed by atoms with Crippen LogP contribution in [0.5, 0.6) is 0 Å². The van der Waals surface area contributed by atoms with E-state index in [9.17, 15) is 38.7 Å². The van der Waals surface area contributed by atoms with E-state index in [-0.39, 0.29) is 38.6 Å². The highest BCUT2D eigenvalue weighted by molar-refractivity contribution is 6.02. The predicted octanol–water partition coefficient (Wildman–Crippen LogP) is -0.262. The van der Waals surface area contributed by atoms with Crippen molar-refractivity contribution in [1.29, 1.82) is 0 Å². The number of nitrogens with one attached hydrogen (secondary N) is 3. The molecular formula is C39H49N7O9. The van der Waals surface area contributed by atoms with Gasteiger partial charge in [-0.15, -0.1) is 0 Å². The number of benzene rings is 3. The van der Waals surface area contributed by atoms with Gasteiger partial charge in [-0.05, 0) is 30.2 Å². The van der Waals surface area contributed by atoms with E-state index in [1.54, 1.807) is 91.0 Å². The standard InChI is InChI=1S/C39H49N7O9/c1-27(37(40)52)41-38(53)32(21-29-13-7-4-8-14-29)43-39(54)33(26-47)42-34(49)23-46(31-17-11-6-12-18-31)36(51)25-45(22-30-15-9-5-10-16-30)35(50)24-44(28(2)48)19-20-55-3/h4-18,27,32-33,47H,19-26H2,1-3H3,(H2,40,52)(H,41,53)(H,42,49)(H,43,54). The second-order valence-electron chi connectivity index (χ2n) is 12.7. The molecule has 3 atom stereocenters. The van der Waals surface area contributed by atoms with E-state index in [2.05, 4.69) is 16.0 Å². The maximum atomic E-state index is 14.0. The van der Waals surface area contributed by atoms with Gasteiger partial charge in [0.15, 0.2) is 0 Å². The number of amides is 7. The van der Waals surface area contributed by atoms with Gasteiger partial charge < -0.3 is 46.2 Å². The predicted molar refractivity (Wildman–Crippen MR) is 203 cm³/mol. The highest BCUT2D eigenvalue weighted by Gasteiger charge is 2.30. The Hall–Kier alpha value is -6.13. The number of ether oxygens (including phenoxy) is 1. The Labute approximate surface area is 320 Å². The molecule has 16 nitrogen and oxygen atoms in total. The zero-order valence-electron chi connectivity index (χ0n) is 31.2. The van der Waals surface area contributed by atoms with Gasteiger partial charge in [-0.1, -0.05) is 78.9 Å². The summed E-state index contributed by atoms with van der Waals surface area (Å²) < 4.78 is 5.08. The van der Waals surface area contributed by atoms with Crippen molar-refractivity contribution in [2.75, 3.05) is 51.4 Å². The monoisotopic (exact) mass is 759 g/mol. The quantitative estimate of drug-likeness (QED) is 0.0965. The number of carbonyl (C=O) groups excluding carboxylic acids is 7. The summed E-state index contributed by atoms with van der Waals surface area (Å²) in [4.78, 5) is 95.4. The van der Waals surface area contributed by atoms with E-state index >= 15 is 0 Å². The molecule has 0 fully saturated rings. The molecule has 3 aromatic rings. The lowest BCUT2D eigenvalue weighted by molar-refractivity contribution is -0.141. The topological polar surface area (TPSA) is 221 Å². The van der Waals surface area contributed by atoms with Gasteiger partial charge in [0.1, 0.15) is 31.2 Å². The lowest BCUT2D eigenvalue weighted by Gasteiger charge is -2.30. The lowest BCUT2D eigenvalue weighted by atomic mass is 10.0. The molecule has 0 aliphatic heterocycles. The SMILES string of the molecule is COCCN(CC(=O)N(CC(=O)N(CC(=O)NC(CO)C(=O)NC(Cc1ccccc1)C(=O)NC(C)C(N)=O)c1ccccc1)Cc1ccccc1)C(C)=O. The molecule has 3 aromatic carbocycles. The number of hydrogen-bond acceptors (Lipinski definition) is 9. The summed E-state index contributed by atoms with van der Waals surface area (Å²) in [6, 6.07) is 22.1.